The van der Waals surface area contributed by atoms with Crippen molar-refractivity contribution in [3.63, 3.8) is 0 Å². The number of hydrogen-bond acceptors (Lipinski definition) is 4. The van der Waals surface area contributed by atoms with Gasteiger partial charge in [0.1, 0.15) is 6.54 Å². The normalized spacial score (nSPS) is 9.32. The molecule has 0 saturated heterocycles. The Hall–Kier alpha value is -2.55. The van der Waals surface area contributed by atoms with E-state index in [-0.39, 0.29) is 13.2 Å². The number of anilines is 1. The molecule has 6 nitrogen and oxygen atoms in total. The van der Waals surface area contributed by atoms with Crippen LogP contribution in [0.4, 0.5) is 10.5 Å². The molecule has 0 radical (unpaired) electrons. The monoisotopic (exact) mass is 261 g/mol. The first-order chi connectivity index (χ1) is 9.06. The Morgan fingerprint density at radius 1 is 1.37 bits per heavy atom. The van der Waals surface area contributed by atoms with E-state index in [1.165, 1.54) is 11.9 Å². The minimum absolute atomic E-state index is 0.115. The molecule has 0 unspecified atom stereocenters. The Bertz CT molecular complexity index is 491. The van der Waals surface area contributed by atoms with Crippen LogP contribution in [0.15, 0.2) is 24.3 Å². The summed E-state index contributed by atoms with van der Waals surface area (Å²) in [6.45, 7) is 1.87. The number of nitriles is 1. The van der Waals surface area contributed by atoms with Crippen molar-refractivity contribution < 1.29 is 14.3 Å². The van der Waals surface area contributed by atoms with E-state index in [0.29, 0.717) is 11.3 Å². The van der Waals surface area contributed by atoms with Gasteiger partial charge in [-0.05, 0) is 31.2 Å². The standard InChI is InChI=1S/C13H15N3O3/c1-3-19-12(17)9-16(2)13(18)15-11-6-4-10(8-14)5-7-11/h4-7H,3,9H2,1-2H3,(H,15,18). The van der Waals surface area contributed by atoms with E-state index in [2.05, 4.69) is 5.32 Å². The maximum Gasteiger partial charge on any atom is 0.325 e. The summed E-state index contributed by atoms with van der Waals surface area (Å²) in [6, 6.07) is 8.00. The summed E-state index contributed by atoms with van der Waals surface area (Å²) < 4.78 is 4.75. The number of carbonyl (C=O) groups is 2. The first-order valence-corrected chi connectivity index (χ1v) is 5.74. The van der Waals surface area contributed by atoms with Crippen LogP contribution < -0.4 is 5.32 Å². The van der Waals surface area contributed by atoms with Gasteiger partial charge in [0.15, 0.2) is 0 Å². The van der Waals surface area contributed by atoms with Gasteiger partial charge in [-0.1, -0.05) is 0 Å². The van der Waals surface area contributed by atoms with Crippen LogP contribution >= 0.6 is 0 Å². The molecule has 0 spiro atoms. The summed E-state index contributed by atoms with van der Waals surface area (Å²) in [5.74, 6) is -0.458. The Kier molecular flexibility index (Phi) is 5.35. The number of esters is 1. The fraction of sp³-hybridized carbons (Fsp3) is 0.308. The zero-order valence-electron chi connectivity index (χ0n) is 10.8. The van der Waals surface area contributed by atoms with Crippen LogP contribution in [0, 0.1) is 11.3 Å². The third-order valence-electron chi connectivity index (χ3n) is 2.28. The summed E-state index contributed by atoms with van der Waals surface area (Å²) in [5, 5.41) is 11.3. The zero-order valence-corrected chi connectivity index (χ0v) is 10.8. The van der Waals surface area contributed by atoms with Crippen molar-refractivity contribution in [2.45, 2.75) is 6.92 Å². The van der Waals surface area contributed by atoms with Crippen molar-refractivity contribution in [3.05, 3.63) is 29.8 Å². The predicted octanol–water partition coefficient (Wildman–Crippen LogP) is 1.59. The number of ether oxygens (including phenoxy) is 1. The molecular weight excluding hydrogens is 246 g/mol. The number of rotatable bonds is 4. The number of amides is 2. The Labute approximate surface area is 111 Å². The van der Waals surface area contributed by atoms with Gasteiger partial charge in [-0.15, -0.1) is 0 Å². The van der Waals surface area contributed by atoms with Crippen LogP contribution in [0.5, 0.6) is 0 Å². The lowest BCUT2D eigenvalue weighted by molar-refractivity contribution is -0.143. The molecule has 0 aliphatic heterocycles. The number of urea groups is 1. The van der Waals surface area contributed by atoms with Crippen molar-refractivity contribution in [2.24, 2.45) is 0 Å². The predicted molar refractivity (Wildman–Crippen MR) is 69.4 cm³/mol. The van der Waals surface area contributed by atoms with E-state index >= 15 is 0 Å². The van der Waals surface area contributed by atoms with E-state index < -0.39 is 12.0 Å². The first kappa shape index (κ1) is 14.5. The highest BCUT2D eigenvalue weighted by atomic mass is 16.5. The average Bonchev–Trinajstić information content (AvgIpc) is 2.39. The average molecular weight is 261 g/mol. The highest BCUT2D eigenvalue weighted by Crippen LogP contribution is 2.09. The summed E-state index contributed by atoms with van der Waals surface area (Å²) in [7, 11) is 1.50. The second-order valence-electron chi connectivity index (χ2n) is 3.78. The highest BCUT2D eigenvalue weighted by Gasteiger charge is 2.13. The minimum Gasteiger partial charge on any atom is -0.465 e. The molecule has 0 atom stereocenters. The van der Waals surface area contributed by atoms with Crippen LogP contribution in [0.3, 0.4) is 0 Å². The maximum atomic E-state index is 11.7. The van der Waals surface area contributed by atoms with Crippen LogP contribution in [0.25, 0.3) is 0 Å². The van der Waals surface area contributed by atoms with Crippen molar-refractivity contribution in [2.75, 3.05) is 25.5 Å². The quantitative estimate of drug-likeness (QED) is 0.834. The third-order valence-corrected chi connectivity index (χ3v) is 2.28. The van der Waals surface area contributed by atoms with Gasteiger partial charge >= 0.3 is 12.0 Å². The fourth-order valence-electron chi connectivity index (χ4n) is 1.32. The molecule has 1 rings (SSSR count). The van der Waals surface area contributed by atoms with Gasteiger partial charge in [-0.25, -0.2) is 4.79 Å². The van der Waals surface area contributed by atoms with Crippen molar-refractivity contribution >= 4 is 17.7 Å². The van der Waals surface area contributed by atoms with Crippen molar-refractivity contribution in [3.8, 4) is 6.07 Å². The van der Waals surface area contributed by atoms with Crippen LogP contribution in [-0.2, 0) is 9.53 Å². The number of benzene rings is 1. The van der Waals surface area contributed by atoms with Crippen molar-refractivity contribution in [1.82, 2.24) is 4.90 Å². The number of nitrogens with zero attached hydrogens (tertiary/aromatic N) is 2. The van der Waals surface area contributed by atoms with E-state index in [0.717, 1.165) is 0 Å². The number of hydrogen-bond donors (Lipinski definition) is 1. The highest BCUT2D eigenvalue weighted by molar-refractivity contribution is 5.91. The van der Waals surface area contributed by atoms with Gasteiger partial charge in [0, 0.05) is 12.7 Å². The molecule has 0 saturated carbocycles. The van der Waals surface area contributed by atoms with E-state index in [1.807, 2.05) is 6.07 Å². The molecule has 19 heavy (non-hydrogen) atoms. The molecule has 6 heteroatoms. The largest absolute Gasteiger partial charge is 0.465 e. The topological polar surface area (TPSA) is 82.4 Å². The summed E-state index contributed by atoms with van der Waals surface area (Å²) >= 11 is 0. The molecule has 1 aromatic rings. The van der Waals surface area contributed by atoms with Crippen LogP contribution in [-0.4, -0.2) is 37.1 Å². The van der Waals surface area contributed by atoms with Gasteiger partial charge in [0.2, 0.25) is 0 Å². The molecule has 1 aromatic carbocycles. The van der Waals surface area contributed by atoms with Gasteiger partial charge in [-0.2, -0.15) is 5.26 Å². The van der Waals surface area contributed by atoms with E-state index in [4.69, 9.17) is 10.00 Å². The lowest BCUT2D eigenvalue weighted by atomic mass is 10.2. The molecule has 0 aliphatic rings. The zero-order chi connectivity index (χ0) is 14.3. The lowest BCUT2D eigenvalue weighted by Crippen LogP contribution is -2.36. The number of likely N-dealkylation sites (N-methyl/N-ethyl adjacent to an activating group) is 1. The molecule has 0 fully saturated rings. The Morgan fingerprint density at radius 3 is 2.53 bits per heavy atom. The molecule has 0 aliphatic carbocycles. The van der Waals surface area contributed by atoms with E-state index in [9.17, 15) is 9.59 Å². The molecule has 0 heterocycles. The smallest absolute Gasteiger partial charge is 0.325 e. The molecule has 0 bridgehead atoms. The van der Waals surface area contributed by atoms with Gasteiger partial charge in [0.25, 0.3) is 0 Å². The van der Waals surface area contributed by atoms with Crippen molar-refractivity contribution in [1.29, 1.82) is 5.26 Å². The summed E-state index contributed by atoms with van der Waals surface area (Å²) in [4.78, 5) is 24.2. The Morgan fingerprint density at radius 2 is 2.00 bits per heavy atom. The number of carbonyl (C=O) groups excluding carboxylic acids is 2. The molecule has 1 N–H and O–H groups in total. The fourth-order valence-corrected chi connectivity index (χ4v) is 1.32. The Balaban J connectivity index is 2.53. The molecule has 0 aromatic heterocycles. The minimum atomic E-state index is -0.458. The summed E-state index contributed by atoms with van der Waals surface area (Å²) in [5.41, 5.74) is 1.07. The second-order valence-corrected chi connectivity index (χ2v) is 3.78. The van der Waals surface area contributed by atoms with Crippen LogP contribution in [0.1, 0.15) is 12.5 Å². The molecule has 100 valence electrons. The second kappa shape index (κ2) is 7.01. The molecule has 2 amide bonds. The molecular formula is C13H15N3O3. The lowest BCUT2D eigenvalue weighted by Gasteiger charge is -2.16. The third kappa shape index (κ3) is 4.68. The van der Waals surface area contributed by atoms with Gasteiger partial charge in [-0.3, -0.25) is 4.79 Å². The van der Waals surface area contributed by atoms with Gasteiger partial charge in [0.05, 0.1) is 18.2 Å². The maximum absolute atomic E-state index is 11.7. The van der Waals surface area contributed by atoms with Crippen LogP contribution in [0.2, 0.25) is 0 Å². The van der Waals surface area contributed by atoms with Gasteiger partial charge < -0.3 is 15.0 Å². The summed E-state index contributed by atoms with van der Waals surface area (Å²) in [6.07, 6.45) is 0. The first-order valence-electron chi connectivity index (χ1n) is 5.74. The number of nitrogens with one attached hydrogen (secondary N) is 1. The SMILES string of the molecule is CCOC(=O)CN(C)C(=O)Nc1ccc(C#N)cc1. The van der Waals surface area contributed by atoms with E-state index in [1.54, 1.807) is 31.2 Å².